The van der Waals surface area contributed by atoms with E-state index in [0.29, 0.717) is 6.61 Å². The van der Waals surface area contributed by atoms with E-state index in [0.717, 1.165) is 17.9 Å². The SMILES string of the molecule is Cc1cccc(OCCC(N)c2cnnn2C)c1. The van der Waals surface area contributed by atoms with Gasteiger partial charge in [0.25, 0.3) is 0 Å². The van der Waals surface area contributed by atoms with Crippen LogP contribution in [0.4, 0.5) is 0 Å². The molecule has 2 N–H and O–H groups in total. The summed E-state index contributed by atoms with van der Waals surface area (Å²) in [7, 11) is 1.84. The molecule has 0 saturated carbocycles. The van der Waals surface area contributed by atoms with Gasteiger partial charge in [-0.1, -0.05) is 17.3 Å². The quantitative estimate of drug-likeness (QED) is 0.870. The Bertz CT molecular complexity index is 509. The molecular formula is C13H18N4O. The molecule has 96 valence electrons. The van der Waals surface area contributed by atoms with Gasteiger partial charge in [-0.05, 0) is 24.6 Å². The number of hydrogen-bond acceptors (Lipinski definition) is 4. The Morgan fingerprint density at radius 1 is 1.44 bits per heavy atom. The van der Waals surface area contributed by atoms with E-state index < -0.39 is 0 Å². The van der Waals surface area contributed by atoms with Crippen LogP contribution in [-0.4, -0.2) is 21.6 Å². The fourth-order valence-corrected chi connectivity index (χ4v) is 1.79. The van der Waals surface area contributed by atoms with Crippen molar-refractivity contribution in [3.8, 4) is 5.75 Å². The van der Waals surface area contributed by atoms with E-state index >= 15 is 0 Å². The van der Waals surface area contributed by atoms with Crippen LogP contribution in [0.5, 0.6) is 5.75 Å². The lowest BCUT2D eigenvalue weighted by molar-refractivity contribution is 0.296. The molecule has 0 aliphatic heterocycles. The lowest BCUT2D eigenvalue weighted by Gasteiger charge is -2.12. The van der Waals surface area contributed by atoms with E-state index in [1.165, 1.54) is 5.56 Å². The standard InChI is InChI=1S/C13H18N4O/c1-10-4-3-5-11(8-10)18-7-6-12(14)13-9-15-16-17(13)2/h3-5,8-9,12H,6-7,14H2,1-2H3. The molecule has 0 amide bonds. The number of aryl methyl sites for hydroxylation is 2. The minimum absolute atomic E-state index is 0.102. The average molecular weight is 246 g/mol. The van der Waals surface area contributed by atoms with E-state index in [-0.39, 0.29) is 6.04 Å². The number of aromatic nitrogens is 3. The van der Waals surface area contributed by atoms with E-state index in [2.05, 4.69) is 10.3 Å². The Balaban J connectivity index is 1.84. The predicted molar refractivity (Wildman–Crippen MR) is 69.2 cm³/mol. The minimum atomic E-state index is -0.102. The molecule has 0 fully saturated rings. The predicted octanol–water partition coefficient (Wildman–Crippen LogP) is 1.59. The molecule has 1 heterocycles. The van der Waals surface area contributed by atoms with Gasteiger partial charge in [0, 0.05) is 13.5 Å². The maximum atomic E-state index is 6.05. The van der Waals surface area contributed by atoms with Crippen molar-refractivity contribution in [2.75, 3.05) is 6.61 Å². The van der Waals surface area contributed by atoms with Gasteiger partial charge in [-0.2, -0.15) is 0 Å². The van der Waals surface area contributed by atoms with Crippen LogP contribution in [0.3, 0.4) is 0 Å². The van der Waals surface area contributed by atoms with Crippen LogP contribution in [0.2, 0.25) is 0 Å². The molecule has 0 bridgehead atoms. The summed E-state index contributed by atoms with van der Waals surface area (Å²) in [6.07, 6.45) is 2.42. The summed E-state index contributed by atoms with van der Waals surface area (Å²) in [5.41, 5.74) is 8.16. The highest BCUT2D eigenvalue weighted by atomic mass is 16.5. The second-order valence-corrected chi connectivity index (χ2v) is 4.34. The second kappa shape index (κ2) is 5.64. The first-order chi connectivity index (χ1) is 8.66. The van der Waals surface area contributed by atoms with Gasteiger partial charge in [-0.25, -0.2) is 0 Å². The Labute approximate surface area is 107 Å². The van der Waals surface area contributed by atoms with Gasteiger partial charge < -0.3 is 10.5 Å². The molecule has 2 rings (SSSR count). The third-order valence-electron chi connectivity index (χ3n) is 2.82. The number of rotatable bonds is 5. The second-order valence-electron chi connectivity index (χ2n) is 4.34. The summed E-state index contributed by atoms with van der Waals surface area (Å²) < 4.78 is 7.36. The Kier molecular flexibility index (Phi) is 3.94. The smallest absolute Gasteiger partial charge is 0.119 e. The van der Waals surface area contributed by atoms with Gasteiger partial charge in [0.05, 0.1) is 24.5 Å². The third kappa shape index (κ3) is 3.07. The summed E-state index contributed by atoms with van der Waals surface area (Å²) in [6.45, 7) is 2.62. The molecule has 5 heteroatoms. The molecule has 18 heavy (non-hydrogen) atoms. The minimum Gasteiger partial charge on any atom is -0.494 e. The molecule has 2 aromatic rings. The lowest BCUT2D eigenvalue weighted by Crippen LogP contribution is -2.17. The normalized spacial score (nSPS) is 12.4. The van der Waals surface area contributed by atoms with E-state index in [1.807, 2.05) is 38.2 Å². The molecule has 0 spiro atoms. The first-order valence-electron chi connectivity index (χ1n) is 5.96. The summed E-state index contributed by atoms with van der Waals surface area (Å²) in [5, 5.41) is 7.67. The average Bonchev–Trinajstić information content (AvgIpc) is 2.75. The van der Waals surface area contributed by atoms with Gasteiger partial charge in [0.15, 0.2) is 0 Å². The molecule has 0 saturated heterocycles. The third-order valence-corrected chi connectivity index (χ3v) is 2.82. The number of ether oxygens (including phenoxy) is 1. The molecular weight excluding hydrogens is 228 g/mol. The van der Waals surface area contributed by atoms with Crippen molar-refractivity contribution in [1.82, 2.24) is 15.0 Å². The maximum Gasteiger partial charge on any atom is 0.119 e. The van der Waals surface area contributed by atoms with Crippen molar-refractivity contribution in [2.45, 2.75) is 19.4 Å². The van der Waals surface area contributed by atoms with E-state index in [1.54, 1.807) is 10.9 Å². The zero-order valence-electron chi connectivity index (χ0n) is 10.7. The van der Waals surface area contributed by atoms with Crippen LogP contribution in [0.15, 0.2) is 30.5 Å². The topological polar surface area (TPSA) is 66.0 Å². The Morgan fingerprint density at radius 2 is 2.28 bits per heavy atom. The first-order valence-corrected chi connectivity index (χ1v) is 5.96. The Hall–Kier alpha value is -1.88. The number of benzene rings is 1. The zero-order valence-corrected chi connectivity index (χ0v) is 10.7. The van der Waals surface area contributed by atoms with Gasteiger partial charge in [0.2, 0.25) is 0 Å². The van der Waals surface area contributed by atoms with Crippen LogP contribution < -0.4 is 10.5 Å². The highest BCUT2D eigenvalue weighted by molar-refractivity contribution is 5.27. The summed E-state index contributed by atoms with van der Waals surface area (Å²) in [6, 6.07) is 7.88. The molecule has 1 unspecified atom stereocenters. The highest BCUT2D eigenvalue weighted by Crippen LogP contribution is 2.15. The number of nitrogens with two attached hydrogens (primary N) is 1. The van der Waals surface area contributed by atoms with Crippen LogP contribution in [0.1, 0.15) is 23.7 Å². The van der Waals surface area contributed by atoms with Crippen molar-refractivity contribution >= 4 is 0 Å². The summed E-state index contributed by atoms with van der Waals surface area (Å²) in [5.74, 6) is 0.880. The molecule has 0 aliphatic rings. The zero-order chi connectivity index (χ0) is 13.0. The van der Waals surface area contributed by atoms with Crippen molar-refractivity contribution in [3.05, 3.63) is 41.7 Å². The van der Waals surface area contributed by atoms with Crippen LogP contribution >= 0.6 is 0 Å². The molecule has 0 radical (unpaired) electrons. The molecule has 0 aliphatic carbocycles. The molecule has 5 nitrogen and oxygen atoms in total. The fraction of sp³-hybridized carbons (Fsp3) is 0.385. The Morgan fingerprint density at radius 3 is 2.94 bits per heavy atom. The highest BCUT2D eigenvalue weighted by Gasteiger charge is 2.10. The van der Waals surface area contributed by atoms with Gasteiger partial charge in [0.1, 0.15) is 5.75 Å². The van der Waals surface area contributed by atoms with Crippen molar-refractivity contribution in [3.63, 3.8) is 0 Å². The van der Waals surface area contributed by atoms with Gasteiger partial charge in [-0.3, -0.25) is 4.68 Å². The van der Waals surface area contributed by atoms with Gasteiger partial charge in [-0.15, -0.1) is 5.10 Å². The van der Waals surface area contributed by atoms with Crippen LogP contribution in [-0.2, 0) is 7.05 Å². The maximum absolute atomic E-state index is 6.05. The van der Waals surface area contributed by atoms with Crippen molar-refractivity contribution in [1.29, 1.82) is 0 Å². The first kappa shape index (κ1) is 12.6. The van der Waals surface area contributed by atoms with E-state index in [9.17, 15) is 0 Å². The summed E-state index contributed by atoms with van der Waals surface area (Å²) >= 11 is 0. The molecule has 1 aromatic carbocycles. The van der Waals surface area contributed by atoms with Crippen LogP contribution in [0.25, 0.3) is 0 Å². The van der Waals surface area contributed by atoms with Crippen molar-refractivity contribution < 1.29 is 4.74 Å². The molecule has 1 aromatic heterocycles. The fourth-order valence-electron chi connectivity index (χ4n) is 1.79. The number of hydrogen-bond donors (Lipinski definition) is 1. The summed E-state index contributed by atoms with van der Waals surface area (Å²) in [4.78, 5) is 0. The van der Waals surface area contributed by atoms with Gasteiger partial charge >= 0.3 is 0 Å². The largest absolute Gasteiger partial charge is 0.494 e. The van der Waals surface area contributed by atoms with Crippen LogP contribution in [0, 0.1) is 6.92 Å². The number of nitrogens with zero attached hydrogens (tertiary/aromatic N) is 3. The lowest BCUT2D eigenvalue weighted by atomic mass is 10.2. The van der Waals surface area contributed by atoms with E-state index in [4.69, 9.17) is 10.5 Å². The van der Waals surface area contributed by atoms with Crippen molar-refractivity contribution in [2.24, 2.45) is 12.8 Å². The molecule has 1 atom stereocenters. The monoisotopic (exact) mass is 246 g/mol.